The lowest BCUT2D eigenvalue weighted by atomic mass is 9.30. The number of fused-ring (bicyclic) bond motifs is 20. The molecule has 6 nitrogen and oxygen atoms in total. The second-order valence-corrected chi connectivity index (χ2v) is 32.8. The molecule has 0 saturated carbocycles. The fraction of sp³-hybridized carbons (Fsp3) is 0. The first-order valence-electron chi connectivity index (χ1n) is 36.8. The first kappa shape index (κ1) is 60.6. The number of hydrogen-bond donors (Lipinski definition) is 0. The van der Waals surface area contributed by atoms with Crippen LogP contribution in [-0.4, -0.2) is 13.4 Å². The molecule has 4 aliphatic rings. The summed E-state index contributed by atoms with van der Waals surface area (Å²) in [6.45, 7) is -0.509. The van der Waals surface area contributed by atoms with Crippen molar-refractivity contribution in [1.29, 1.82) is 0 Å². The normalized spacial score (nSPS) is 13.2. The van der Waals surface area contributed by atoms with Gasteiger partial charge in [0.1, 0.15) is 11.5 Å². The van der Waals surface area contributed by atoms with E-state index in [2.05, 4.69) is 370 Å². The smallest absolute Gasteiger partial charge is 0.256 e. The molecule has 0 unspecified atom stereocenters. The van der Waals surface area contributed by atoms with Crippen LogP contribution in [0.2, 0.25) is 0 Å². The summed E-state index contributed by atoms with van der Waals surface area (Å²) in [7, 11) is 0. The van der Waals surface area contributed by atoms with Gasteiger partial charge < -0.3 is 29.2 Å². The lowest BCUT2D eigenvalue weighted by Crippen LogP contribution is -2.64. The Balaban J connectivity index is 0.852. The van der Waals surface area contributed by atoms with E-state index in [-0.39, 0.29) is 13.4 Å². The van der Waals surface area contributed by atoms with Gasteiger partial charge in [-0.1, -0.05) is 200 Å². The lowest BCUT2D eigenvalue weighted by molar-refractivity contribution is 0.487. The van der Waals surface area contributed by atoms with E-state index in [0.717, 1.165) is 108 Å². The Morgan fingerprint density at radius 1 is 0.231 bits per heavy atom. The van der Waals surface area contributed by atoms with E-state index in [1.807, 2.05) is 45.3 Å². The zero-order chi connectivity index (χ0) is 70.4. The Hall–Kier alpha value is -12.7. The second kappa shape index (κ2) is 23.4. The number of ether oxygens (including phenoxy) is 1. The zero-order valence-corrected chi connectivity index (χ0v) is 61.1. The van der Waals surface area contributed by atoms with Gasteiger partial charge in [-0.25, -0.2) is 0 Å². The van der Waals surface area contributed by atoms with Gasteiger partial charge in [0.25, 0.3) is 13.4 Å². The number of anilines is 15. The SMILES string of the molecule is c1ccc(N(c2ccccc2)c2cc3c4c(c2)N(c2cccc5sc6ccccc6c25)c2cc5c(cc2B4c2ccccc2N3c2cccc3sc4ccccc4c23)B2c3ccccc3Oc3cc(N(c4ccccc4)c4cccc6c4sc4ccccc46)cc(c32)N5c2cccc3sc4ccccc4c23)cc1. The highest BCUT2D eigenvalue weighted by atomic mass is 32.1. The van der Waals surface area contributed by atoms with Crippen molar-refractivity contribution in [3.05, 3.63) is 346 Å². The van der Waals surface area contributed by atoms with Gasteiger partial charge >= 0.3 is 0 Å². The number of thiophene rings is 4. The fourth-order valence-corrected chi connectivity index (χ4v) is 23.1. The summed E-state index contributed by atoms with van der Waals surface area (Å²) in [5.41, 5.74) is 23.6. The molecule has 4 aliphatic heterocycles. The Morgan fingerprint density at radius 2 is 0.620 bits per heavy atom. The number of nitrogens with zero attached hydrogens (tertiary/aromatic N) is 5. The van der Waals surface area contributed by atoms with Crippen LogP contribution in [0, 0.1) is 0 Å². The summed E-state index contributed by atoms with van der Waals surface area (Å²) in [4.78, 5) is 12.9. The third-order valence-corrected chi connectivity index (χ3v) is 27.4. The lowest BCUT2D eigenvalue weighted by Gasteiger charge is -2.47. The molecule has 0 spiro atoms. The predicted molar refractivity (Wildman–Crippen MR) is 467 cm³/mol. The minimum Gasteiger partial charge on any atom is -0.458 e. The third-order valence-electron chi connectivity index (χ3n) is 22.8. The summed E-state index contributed by atoms with van der Waals surface area (Å²) >= 11 is 7.47. The third kappa shape index (κ3) is 8.76. The van der Waals surface area contributed by atoms with Crippen LogP contribution >= 0.6 is 45.3 Å². The van der Waals surface area contributed by atoms with E-state index in [1.165, 1.54) is 103 Å². The van der Waals surface area contributed by atoms with Crippen molar-refractivity contribution < 1.29 is 4.74 Å². The van der Waals surface area contributed by atoms with Crippen LogP contribution in [0.5, 0.6) is 11.5 Å². The molecule has 0 aliphatic carbocycles. The molecule has 0 saturated heterocycles. The van der Waals surface area contributed by atoms with Crippen LogP contribution in [-0.2, 0) is 0 Å². The van der Waals surface area contributed by atoms with Gasteiger partial charge in [-0.15, -0.1) is 45.3 Å². The zero-order valence-electron chi connectivity index (χ0n) is 57.8. The van der Waals surface area contributed by atoms with Gasteiger partial charge in [-0.05, 0) is 172 Å². The van der Waals surface area contributed by atoms with Crippen LogP contribution in [0.1, 0.15) is 0 Å². The number of rotatable bonds is 9. The van der Waals surface area contributed by atoms with E-state index in [1.54, 1.807) is 0 Å². The van der Waals surface area contributed by atoms with Crippen molar-refractivity contribution in [2.75, 3.05) is 24.5 Å². The number of benzene rings is 16. The van der Waals surface area contributed by atoms with Crippen LogP contribution in [0.3, 0.4) is 0 Å². The molecule has 0 amide bonds. The minimum absolute atomic E-state index is 0.251. The average molecular weight is 1450 g/mol. The Morgan fingerprint density at radius 3 is 1.17 bits per heavy atom. The highest BCUT2D eigenvalue weighted by Gasteiger charge is 2.49. The molecule has 16 aromatic carbocycles. The summed E-state index contributed by atoms with van der Waals surface area (Å²) in [5, 5.41) is 9.90. The van der Waals surface area contributed by atoms with Crippen LogP contribution in [0.25, 0.3) is 80.7 Å². The Kier molecular flexibility index (Phi) is 13.1. The molecule has 0 atom stereocenters. The standard InChI is InChI=1S/C96H57B2N5OS4/c1-4-26-58(27-5-1)99(59-28-6-2-7-29-59)61-52-79-94-80(53-61)102(74-41-24-50-89-92(74)66-34-12-20-47-86(66)106-89)77-57-78-71(56-70(77)97(94)68-37-14-16-39-72(68)101(79)73-40-23-49-88-91(73)65-33-11-19-46-85(65)105-88)98-69-38-15-17-44-82(69)104-83-55-62(54-81(95(83)98)103(78)75-42-25-51-90-93(75)67-35-13-21-48-87(67)107-90)100(60-30-8-3-9-31-60)76-43-22-36-64-63-32-10-18-45-84(63)108-96(64)76/h1-57H. The number of para-hydroxylation sites is 5. The highest BCUT2D eigenvalue weighted by Crippen LogP contribution is 2.57. The molecule has 12 heteroatoms. The van der Waals surface area contributed by atoms with Gasteiger partial charge in [-0.3, -0.25) is 0 Å². The van der Waals surface area contributed by atoms with Gasteiger partial charge in [-0.2, -0.15) is 0 Å². The molecule has 0 bridgehead atoms. The molecule has 108 heavy (non-hydrogen) atoms. The maximum Gasteiger partial charge on any atom is 0.256 e. The largest absolute Gasteiger partial charge is 0.458 e. The summed E-state index contributed by atoms with van der Waals surface area (Å²) in [6.07, 6.45) is 0. The van der Waals surface area contributed by atoms with Gasteiger partial charge in [0, 0.05) is 133 Å². The summed E-state index contributed by atoms with van der Waals surface area (Å²) < 4.78 is 17.6. The van der Waals surface area contributed by atoms with E-state index >= 15 is 0 Å². The molecule has 24 rings (SSSR count). The van der Waals surface area contributed by atoms with Crippen molar-refractivity contribution in [1.82, 2.24) is 0 Å². The van der Waals surface area contributed by atoms with Gasteiger partial charge in [0.05, 0.1) is 38.8 Å². The molecule has 4 aromatic heterocycles. The molecule has 20 aromatic rings. The van der Waals surface area contributed by atoms with Crippen LogP contribution in [0.15, 0.2) is 346 Å². The Bertz CT molecular complexity index is 7160. The topological polar surface area (TPSA) is 25.4 Å². The summed E-state index contributed by atoms with van der Waals surface area (Å²) in [6, 6.07) is 130. The molecule has 0 radical (unpaired) electrons. The van der Waals surface area contributed by atoms with Crippen LogP contribution < -0.4 is 62.0 Å². The molecule has 502 valence electrons. The Labute approximate surface area is 639 Å². The van der Waals surface area contributed by atoms with E-state index < -0.39 is 0 Å². The molecular formula is C96H57B2N5OS4. The fourth-order valence-electron chi connectivity index (χ4n) is 18.5. The van der Waals surface area contributed by atoms with Crippen molar-refractivity contribution in [2.24, 2.45) is 0 Å². The first-order chi connectivity index (χ1) is 53.6. The van der Waals surface area contributed by atoms with E-state index in [4.69, 9.17) is 4.74 Å². The monoisotopic (exact) mass is 1450 g/mol. The number of hydrogen-bond acceptors (Lipinski definition) is 10. The van der Waals surface area contributed by atoms with E-state index in [9.17, 15) is 0 Å². The average Bonchev–Trinajstić information content (AvgIpc) is 0.757. The predicted octanol–water partition coefficient (Wildman–Crippen LogP) is 24.6. The van der Waals surface area contributed by atoms with Gasteiger partial charge in [0.2, 0.25) is 0 Å². The molecule has 0 N–H and O–H groups in total. The maximum absolute atomic E-state index is 7.62. The highest BCUT2D eigenvalue weighted by molar-refractivity contribution is 7.27. The van der Waals surface area contributed by atoms with Crippen molar-refractivity contribution >= 4 is 258 Å². The van der Waals surface area contributed by atoms with E-state index in [0.29, 0.717) is 0 Å². The van der Waals surface area contributed by atoms with Crippen LogP contribution in [0.4, 0.5) is 85.3 Å². The second-order valence-electron chi connectivity index (χ2n) is 28.5. The quantitative estimate of drug-likeness (QED) is 0.134. The minimum atomic E-state index is -0.258. The van der Waals surface area contributed by atoms with Crippen molar-refractivity contribution in [2.45, 2.75) is 0 Å². The first-order valence-corrected chi connectivity index (χ1v) is 40.0. The summed E-state index contributed by atoms with van der Waals surface area (Å²) in [5.74, 6) is 1.69. The maximum atomic E-state index is 7.62. The molecule has 8 heterocycles. The van der Waals surface area contributed by atoms with Gasteiger partial charge in [0.15, 0.2) is 0 Å². The molecular weight excluding hydrogens is 1390 g/mol. The van der Waals surface area contributed by atoms with Crippen molar-refractivity contribution in [3.8, 4) is 11.5 Å². The van der Waals surface area contributed by atoms with Crippen molar-refractivity contribution in [3.63, 3.8) is 0 Å². The molecule has 0 fully saturated rings.